The maximum Gasteiger partial charge on any atom is 0.142 e. The van der Waals surface area contributed by atoms with Crippen LogP contribution in [0.25, 0.3) is 33.4 Å². The lowest BCUT2D eigenvalue weighted by Crippen LogP contribution is -2.01. The van der Waals surface area contributed by atoms with E-state index in [1.54, 1.807) is 30.6 Å². The van der Waals surface area contributed by atoms with Crippen molar-refractivity contribution in [3.8, 4) is 28.3 Å². The molecule has 5 aromatic rings. The Balaban J connectivity index is 1.72. The summed E-state index contributed by atoms with van der Waals surface area (Å²) in [6.45, 7) is 0.543. The van der Waals surface area contributed by atoms with Crippen molar-refractivity contribution >= 4 is 34.1 Å². The van der Waals surface area contributed by atoms with Crippen molar-refractivity contribution in [2.24, 2.45) is 0 Å². The van der Waals surface area contributed by atoms with Gasteiger partial charge in [-0.3, -0.25) is 0 Å². The van der Waals surface area contributed by atoms with Gasteiger partial charge in [-0.05, 0) is 42.0 Å². The maximum absolute atomic E-state index is 14.3. The Hall–Kier alpha value is -3.28. The molecule has 0 aliphatic rings. The van der Waals surface area contributed by atoms with E-state index < -0.39 is 5.82 Å². The summed E-state index contributed by atoms with van der Waals surface area (Å²) >= 11 is 12.0. The third-order valence-electron chi connectivity index (χ3n) is 5.20. The van der Waals surface area contributed by atoms with E-state index in [4.69, 9.17) is 23.2 Å². The molecule has 0 bridgehead atoms. The van der Waals surface area contributed by atoms with E-state index in [0.29, 0.717) is 22.6 Å². The fourth-order valence-corrected chi connectivity index (χ4v) is 4.04. The first-order valence-corrected chi connectivity index (χ1v) is 10.3. The molecule has 2 heterocycles. The summed E-state index contributed by atoms with van der Waals surface area (Å²) in [5.74, 6) is -0.342. The van der Waals surface area contributed by atoms with E-state index in [2.05, 4.69) is 9.97 Å². The summed E-state index contributed by atoms with van der Waals surface area (Å²) in [6.07, 6.45) is 3.57. The molecule has 4 nitrogen and oxygen atoms in total. The lowest BCUT2D eigenvalue weighted by molar-refractivity contribution is 0.475. The Morgan fingerprint density at radius 3 is 2.61 bits per heavy atom. The number of nitrogens with one attached hydrogen (secondary N) is 1. The number of benzene rings is 3. The Morgan fingerprint density at radius 1 is 1.03 bits per heavy atom. The second-order valence-corrected chi connectivity index (χ2v) is 8.10. The van der Waals surface area contributed by atoms with Crippen LogP contribution in [-0.4, -0.2) is 19.6 Å². The molecule has 154 valence electrons. The van der Waals surface area contributed by atoms with Gasteiger partial charge in [0.05, 0.1) is 22.7 Å². The van der Waals surface area contributed by atoms with E-state index in [1.807, 2.05) is 41.1 Å². The zero-order valence-corrected chi connectivity index (χ0v) is 17.6. The molecule has 3 aromatic carbocycles. The Kier molecular flexibility index (Phi) is 4.93. The van der Waals surface area contributed by atoms with Crippen molar-refractivity contribution in [2.75, 3.05) is 0 Å². The summed E-state index contributed by atoms with van der Waals surface area (Å²) in [7, 11) is 0. The minimum atomic E-state index is -0.488. The predicted octanol–water partition coefficient (Wildman–Crippen LogP) is 6.90. The average Bonchev–Trinajstić information content (AvgIpc) is 3.33. The number of phenols is 1. The first-order chi connectivity index (χ1) is 15.0. The number of aromatic amines is 1. The van der Waals surface area contributed by atoms with E-state index in [9.17, 15) is 9.50 Å². The molecule has 0 unspecified atom stereocenters. The number of imidazole rings is 1. The van der Waals surface area contributed by atoms with Crippen molar-refractivity contribution in [1.29, 1.82) is 0 Å². The predicted molar refractivity (Wildman–Crippen MR) is 122 cm³/mol. The molecule has 2 N–H and O–H groups in total. The molecular weight excluding hydrogens is 436 g/mol. The van der Waals surface area contributed by atoms with Crippen LogP contribution in [0.4, 0.5) is 4.39 Å². The van der Waals surface area contributed by atoms with Crippen molar-refractivity contribution < 1.29 is 9.50 Å². The molecule has 31 heavy (non-hydrogen) atoms. The van der Waals surface area contributed by atoms with Gasteiger partial charge in [0, 0.05) is 39.8 Å². The highest BCUT2D eigenvalue weighted by Crippen LogP contribution is 2.38. The molecule has 0 saturated heterocycles. The zero-order valence-electron chi connectivity index (χ0n) is 16.1. The van der Waals surface area contributed by atoms with Gasteiger partial charge in [0.1, 0.15) is 11.6 Å². The van der Waals surface area contributed by atoms with Gasteiger partial charge in [-0.25, -0.2) is 9.37 Å². The van der Waals surface area contributed by atoms with Crippen LogP contribution in [-0.2, 0) is 6.54 Å². The third-order valence-corrected chi connectivity index (χ3v) is 5.74. The molecule has 5 rings (SSSR count). The number of fused-ring (bicyclic) bond motifs is 1. The third kappa shape index (κ3) is 3.67. The number of aromatic nitrogens is 3. The lowest BCUT2D eigenvalue weighted by atomic mass is 10.0. The van der Waals surface area contributed by atoms with E-state index >= 15 is 0 Å². The Labute approximate surface area is 187 Å². The van der Waals surface area contributed by atoms with Crippen LogP contribution >= 0.6 is 23.2 Å². The van der Waals surface area contributed by atoms with Crippen molar-refractivity contribution in [3.63, 3.8) is 0 Å². The van der Waals surface area contributed by atoms with E-state index in [-0.39, 0.29) is 10.8 Å². The average molecular weight is 452 g/mol. The monoisotopic (exact) mass is 451 g/mol. The molecule has 0 saturated carbocycles. The normalized spacial score (nSPS) is 11.3. The number of phenolic OH excluding ortho intramolecular Hbond substituents is 1. The number of hydrogen-bond donors (Lipinski definition) is 2. The first kappa shape index (κ1) is 19.7. The van der Waals surface area contributed by atoms with Gasteiger partial charge in [-0.2, -0.15) is 0 Å². The number of halogens is 3. The van der Waals surface area contributed by atoms with Crippen LogP contribution in [0.5, 0.6) is 5.75 Å². The topological polar surface area (TPSA) is 53.8 Å². The number of nitrogens with zero attached hydrogens (tertiary/aromatic N) is 2. The van der Waals surface area contributed by atoms with Gasteiger partial charge in [0.15, 0.2) is 0 Å². The summed E-state index contributed by atoms with van der Waals surface area (Å²) in [4.78, 5) is 7.81. The van der Waals surface area contributed by atoms with Gasteiger partial charge < -0.3 is 14.7 Å². The Morgan fingerprint density at radius 2 is 1.84 bits per heavy atom. The van der Waals surface area contributed by atoms with Crippen LogP contribution in [0.15, 0.2) is 73.2 Å². The van der Waals surface area contributed by atoms with E-state index in [1.165, 1.54) is 6.07 Å². The van der Waals surface area contributed by atoms with Gasteiger partial charge in [0.2, 0.25) is 0 Å². The van der Waals surface area contributed by atoms with Crippen molar-refractivity contribution in [2.45, 2.75) is 6.54 Å². The van der Waals surface area contributed by atoms with Gasteiger partial charge in [-0.1, -0.05) is 47.5 Å². The lowest BCUT2D eigenvalue weighted by Gasteiger charge is -2.11. The van der Waals surface area contributed by atoms with E-state index in [0.717, 1.165) is 27.9 Å². The van der Waals surface area contributed by atoms with Gasteiger partial charge in [-0.15, -0.1) is 0 Å². The highest BCUT2D eigenvalue weighted by molar-refractivity contribution is 6.31. The summed E-state index contributed by atoms with van der Waals surface area (Å²) in [6, 6.07) is 17.5. The zero-order chi connectivity index (χ0) is 21.5. The molecule has 0 radical (unpaired) electrons. The Bertz CT molecular complexity index is 1410. The molecule has 0 aliphatic heterocycles. The highest BCUT2D eigenvalue weighted by atomic mass is 35.5. The van der Waals surface area contributed by atoms with Crippen molar-refractivity contribution in [1.82, 2.24) is 14.5 Å². The fraction of sp³-hybridized carbons (Fsp3) is 0.0417. The molecule has 0 fully saturated rings. The quantitative estimate of drug-likeness (QED) is 0.312. The SMILES string of the molecule is Oc1cccc(-c2ncn(Cc3ccc(Cl)cc3)c2-c2c[nH]c3cc(Cl)c(F)cc23)c1. The molecule has 0 amide bonds. The second-order valence-electron chi connectivity index (χ2n) is 7.26. The smallest absolute Gasteiger partial charge is 0.142 e. The largest absolute Gasteiger partial charge is 0.508 e. The minimum absolute atomic E-state index is 0.0591. The first-order valence-electron chi connectivity index (χ1n) is 9.55. The van der Waals surface area contributed by atoms with Crippen LogP contribution in [0, 0.1) is 5.82 Å². The van der Waals surface area contributed by atoms with Crippen LogP contribution in [0.1, 0.15) is 5.56 Å². The number of hydrogen-bond acceptors (Lipinski definition) is 2. The number of rotatable bonds is 4. The second kappa shape index (κ2) is 7.76. The number of aromatic hydroxyl groups is 1. The summed E-state index contributed by atoms with van der Waals surface area (Å²) in [5.41, 5.74) is 4.79. The van der Waals surface area contributed by atoms with Gasteiger partial charge in [0.25, 0.3) is 0 Å². The summed E-state index contributed by atoms with van der Waals surface area (Å²) in [5, 5.41) is 11.4. The van der Waals surface area contributed by atoms with Crippen molar-refractivity contribution in [3.05, 3.63) is 94.6 Å². The standard InChI is InChI=1S/C24H16Cl2FN3O/c25-16-6-4-14(5-7-16)12-30-13-29-23(15-2-1-3-17(31)8-15)24(30)19-11-28-22-10-20(26)21(27)9-18(19)22/h1-11,13,28,31H,12H2. The van der Waals surface area contributed by atoms with Crippen LogP contribution in [0.3, 0.4) is 0 Å². The summed E-state index contributed by atoms with van der Waals surface area (Å²) < 4.78 is 16.3. The molecule has 0 aliphatic carbocycles. The molecule has 0 atom stereocenters. The van der Waals surface area contributed by atoms with Crippen LogP contribution in [0.2, 0.25) is 10.0 Å². The molecular formula is C24H16Cl2FN3O. The molecule has 2 aromatic heterocycles. The fourth-order valence-electron chi connectivity index (χ4n) is 3.75. The number of H-pyrrole nitrogens is 1. The maximum atomic E-state index is 14.3. The molecule has 7 heteroatoms. The van der Waals surface area contributed by atoms with Crippen LogP contribution < -0.4 is 0 Å². The highest BCUT2D eigenvalue weighted by Gasteiger charge is 2.20. The van der Waals surface area contributed by atoms with Gasteiger partial charge >= 0.3 is 0 Å². The molecule has 0 spiro atoms. The minimum Gasteiger partial charge on any atom is -0.508 e.